The van der Waals surface area contributed by atoms with Crippen LogP contribution >= 0.6 is 0 Å². The van der Waals surface area contributed by atoms with Crippen molar-refractivity contribution in [3.05, 3.63) is 24.2 Å². The highest BCUT2D eigenvalue weighted by molar-refractivity contribution is 6.06. The van der Waals surface area contributed by atoms with E-state index in [9.17, 15) is 9.59 Å². The summed E-state index contributed by atoms with van der Waals surface area (Å²) >= 11 is 0. The monoisotopic (exact) mass is 165 g/mol. The fourth-order valence-electron chi connectivity index (χ4n) is 0.762. The third-order valence-corrected chi connectivity index (χ3v) is 1.57. The summed E-state index contributed by atoms with van der Waals surface area (Å²) in [5.74, 6) is -0.147. The molecule has 0 saturated heterocycles. The van der Waals surface area contributed by atoms with Gasteiger partial charge in [-0.1, -0.05) is 0 Å². The summed E-state index contributed by atoms with van der Waals surface area (Å²) in [6, 6.07) is 3.13. The minimum atomic E-state index is -1.11. The quantitative estimate of drug-likeness (QED) is 0.504. The van der Waals surface area contributed by atoms with Crippen LogP contribution in [0.25, 0.3) is 0 Å². The molecule has 0 fully saturated rings. The van der Waals surface area contributed by atoms with Crippen molar-refractivity contribution in [3.8, 4) is 0 Å². The van der Waals surface area contributed by atoms with Crippen LogP contribution in [0.1, 0.15) is 24.4 Å². The molecule has 63 valence electrons. The number of hydrogen-bond acceptors (Lipinski definition) is 3. The SMILES string of the molecule is CC(C)([C]=O)C(=O)c1ccco1. The van der Waals surface area contributed by atoms with Gasteiger partial charge in [0.15, 0.2) is 5.76 Å². The highest BCUT2D eigenvalue weighted by Gasteiger charge is 2.30. The van der Waals surface area contributed by atoms with Crippen molar-refractivity contribution in [2.45, 2.75) is 13.8 Å². The van der Waals surface area contributed by atoms with E-state index in [0.717, 1.165) is 0 Å². The molecule has 0 aliphatic rings. The summed E-state index contributed by atoms with van der Waals surface area (Å²) in [4.78, 5) is 21.8. The molecule has 0 aliphatic heterocycles. The van der Waals surface area contributed by atoms with E-state index in [-0.39, 0.29) is 11.5 Å². The first kappa shape index (κ1) is 8.71. The highest BCUT2D eigenvalue weighted by atomic mass is 16.3. The van der Waals surface area contributed by atoms with Gasteiger partial charge in [-0.25, -0.2) is 0 Å². The first-order valence-electron chi connectivity index (χ1n) is 3.55. The maximum atomic E-state index is 11.4. The van der Waals surface area contributed by atoms with Crippen molar-refractivity contribution >= 4 is 12.1 Å². The van der Waals surface area contributed by atoms with E-state index in [0.29, 0.717) is 0 Å². The van der Waals surface area contributed by atoms with E-state index in [1.807, 2.05) is 0 Å². The van der Waals surface area contributed by atoms with Crippen molar-refractivity contribution in [1.29, 1.82) is 0 Å². The lowest BCUT2D eigenvalue weighted by molar-refractivity contribution is 0.0870. The Balaban J connectivity index is 2.93. The van der Waals surface area contributed by atoms with Crippen LogP contribution in [0.3, 0.4) is 0 Å². The zero-order valence-electron chi connectivity index (χ0n) is 6.96. The fourth-order valence-corrected chi connectivity index (χ4v) is 0.762. The van der Waals surface area contributed by atoms with Gasteiger partial charge in [0, 0.05) is 0 Å². The molecule has 1 radical (unpaired) electrons. The smallest absolute Gasteiger partial charge is 0.212 e. The molecule has 0 amide bonds. The molecule has 0 aromatic carbocycles. The van der Waals surface area contributed by atoms with Gasteiger partial charge in [0.05, 0.1) is 11.7 Å². The Morgan fingerprint density at radius 3 is 2.67 bits per heavy atom. The number of rotatable bonds is 3. The van der Waals surface area contributed by atoms with Gasteiger partial charge >= 0.3 is 0 Å². The van der Waals surface area contributed by atoms with Gasteiger partial charge in [-0.2, -0.15) is 0 Å². The predicted octanol–water partition coefficient (Wildman–Crippen LogP) is 1.60. The summed E-state index contributed by atoms with van der Waals surface area (Å²) in [6.45, 7) is 3.01. The summed E-state index contributed by atoms with van der Waals surface area (Å²) in [5, 5.41) is 0. The average Bonchev–Trinajstić information content (AvgIpc) is 2.55. The highest BCUT2D eigenvalue weighted by Crippen LogP contribution is 2.19. The summed E-state index contributed by atoms with van der Waals surface area (Å²) in [7, 11) is 0. The number of carbonyl (C=O) groups excluding carboxylic acids is 2. The van der Waals surface area contributed by atoms with E-state index >= 15 is 0 Å². The van der Waals surface area contributed by atoms with Crippen LogP contribution in [0.15, 0.2) is 22.8 Å². The molecule has 1 aromatic heterocycles. The van der Waals surface area contributed by atoms with Crippen LogP contribution in [-0.4, -0.2) is 12.1 Å². The molecule has 3 heteroatoms. The molecule has 0 N–H and O–H groups in total. The van der Waals surface area contributed by atoms with E-state index in [1.54, 1.807) is 12.4 Å². The number of furan rings is 1. The van der Waals surface area contributed by atoms with Gasteiger partial charge in [-0.05, 0) is 26.0 Å². The maximum Gasteiger partial charge on any atom is 0.212 e. The normalized spacial score (nSPS) is 11.2. The van der Waals surface area contributed by atoms with Crippen molar-refractivity contribution < 1.29 is 14.0 Å². The van der Waals surface area contributed by atoms with Crippen LogP contribution in [-0.2, 0) is 4.79 Å². The topological polar surface area (TPSA) is 47.3 Å². The van der Waals surface area contributed by atoms with E-state index < -0.39 is 5.41 Å². The third-order valence-electron chi connectivity index (χ3n) is 1.57. The minimum absolute atomic E-state index is 0.198. The van der Waals surface area contributed by atoms with Gasteiger partial charge < -0.3 is 4.42 Å². The Morgan fingerprint density at radius 1 is 1.58 bits per heavy atom. The van der Waals surface area contributed by atoms with Gasteiger partial charge in [-0.3, -0.25) is 9.59 Å². The van der Waals surface area contributed by atoms with Crippen LogP contribution in [0.5, 0.6) is 0 Å². The van der Waals surface area contributed by atoms with Crippen LogP contribution in [0, 0.1) is 5.41 Å². The number of carbonyl (C=O) groups is 1. The Labute approximate surface area is 70.4 Å². The Hall–Kier alpha value is -1.38. The van der Waals surface area contributed by atoms with Crippen LogP contribution in [0.4, 0.5) is 0 Å². The molecule has 0 atom stereocenters. The summed E-state index contributed by atoms with van der Waals surface area (Å²) in [6.07, 6.45) is 3.07. The second-order valence-corrected chi connectivity index (χ2v) is 3.03. The van der Waals surface area contributed by atoms with Gasteiger partial charge in [-0.15, -0.1) is 0 Å². The van der Waals surface area contributed by atoms with Gasteiger partial charge in [0.2, 0.25) is 12.1 Å². The Bertz CT molecular complexity index is 283. The molecular formula is C9H9O3. The molecule has 0 unspecified atom stereocenters. The van der Waals surface area contributed by atoms with Crippen molar-refractivity contribution in [1.82, 2.24) is 0 Å². The van der Waals surface area contributed by atoms with Crippen LogP contribution < -0.4 is 0 Å². The standard InChI is InChI=1S/C9H9O3/c1-9(2,6-10)8(11)7-4-3-5-12-7/h3-5H,1-2H3. The van der Waals surface area contributed by atoms with E-state index in [2.05, 4.69) is 0 Å². The minimum Gasteiger partial charge on any atom is -0.461 e. The largest absolute Gasteiger partial charge is 0.461 e. The van der Waals surface area contributed by atoms with Crippen molar-refractivity contribution in [2.75, 3.05) is 0 Å². The number of hydrogen-bond donors (Lipinski definition) is 0. The lowest BCUT2D eigenvalue weighted by Crippen LogP contribution is -2.25. The number of ketones is 1. The van der Waals surface area contributed by atoms with Crippen molar-refractivity contribution in [2.24, 2.45) is 5.41 Å². The molecule has 1 heterocycles. The molecular weight excluding hydrogens is 156 g/mol. The zero-order valence-corrected chi connectivity index (χ0v) is 6.96. The molecule has 0 aliphatic carbocycles. The fraction of sp³-hybridized carbons (Fsp3) is 0.333. The summed E-state index contributed by atoms with van der Waals surface area (Å²) in [5.41, 5.74) is -1.11. The first-order valence-corrected chi connectivity index (χ1v) is 3.55. The second kappa shape index (κ2) is 2.93. The second-order valence-electron chi connectivity index (χ2n) is 3.03. The predicted molar refractivity (Wildman–Crippen MR) is 42.5 cm³/mol. The molecule has 12 heavy (non-hydrogen) atoms. The molecule has 0 bridgehead atoms. The molecule has 1 aromatic rings. The summed E-state index contributed by atoms with van der Waals surface area (Å²) < 4.78 is 4.86. The lowest BCUT2D eigenvalue weighted by atomic mass is 9.89. The van der Waals surface area contributed by atoms with Gasteiger partial charge in [0.25, 0.3) is 0 Å². The van der Waals surface area contributed by atoms with Gasteiger partial charge in [0.1, 0.15) is 0 Å². The molecule has 3 nitrogen and oxygen atoms in total. The van der Waals surface area contributed by atoms with E-state index in [4.69, 9.17) is 4.42 Å². The maximum absolute atomic E-state index is 11.4. The van der Waals surface area contributed by atoms with E-state index in [1.165, 1.54) is 26.2 Å². The average molecular weight is 165 g/mol. The Morgan fingerprint density at radius 2 is 2.25 bits per heavy atom. The first-order chi connectivity index (χ1) is 5.58. The molecule has 0 spiro atoms. The van der Waals surface area contributed by atoms with Crippen LogP contribution in [0.2, 0.25) is 0 Å². The third kappa shape index (κ3) is 1.44. The molecule has 1 rings (SSSR count). The molecule has 0 saturated carbocycles. The zero-order chi connectivity index (χ0) is 9.19. The number of Topliss-reactive ketones (excluding diaryl/α,β-unsaturated/α-hetero) is 1. The Kier molecular flexibility index (Phi) is 2.13. The van der Waals surface area contributed by atoms with Crippen molar-refractivity contribution in [3.63, 3.8) is 0 Å². The lowest BCUT2D eigenvalue weighted by Gasteiger charge is -2.10.